The number of hydrogen-bond donors (Lipinski definition) is 2. The van der Waals surface area contributed by atoms with Crippen LogP contribution in [-0.4, -0.2) is 10.2 Å². The van der Waals surface area contributed by atoms with Gasteiger partial charge in [-0.15, -0.1) is 0 Å². The summed E-state index contributed by atoms with van der Waals surface area (Å²) in [6.45, 7) is 5.94. The fourth-order valence-corrected chi connectivity index (χ4v) is 1.99. The predicted octanol–water partition coefficient (Wildman–Crippen LogP) is 1.95. The molecule has 0 radical (unpaired) electrons. The highest BCUT2D eigenvalue weighted by Gasteiger charge is 2.15. The minimum absolute atomic E-state index is 0.0557. The number of nitrogens with two attached hydrogens (primary N) is 1. The van der Waals surface area contributed by atoms with Gasteiger partial charge in [0.25, 0.3) is 0 Å². The van der Waals surface area contributed by atoms with Crippen molar-refractivity contribution in [2.75, 3.05) is 0 Å². The first-order valence-electron chi connectivity index (χ1n) is 5.95. The Hall–Kier alpha value is -1.78. The number of hydrazine groups is 1. The summed E-state index contributed by atoms with van der Waals surface area (Å²) in [4.78, 5) is 0. The maximum absolute atomic E-state index is 5.70. The minimum Gasteiger partial charge on any atom is -0.271 e. The number of rotatable bonds is 3. The maximum atomic E-state index is 5.70. The first-order valence-corrected chi connectivity index (χ1v) is 5.95. The summed E-state index contributed by atoms with van der Waals surface area (Å²) in [7, 11) is 0. The molecule has 18 heavy (non-hydrogen) atoms. The summed E-state index contributed by atoms with van der Waals surface area (Å²) in [5.74, 6) is 5.70. The molecule has 1 heterocycles. The van der Waals surface area contributed by atoms with Gasteiger partial charge in [0, 0.05) is 0 Å². The van der Waals surface area contributed by atoms with Gasteiger partial charge in [0.05, 0.1) is 17.4 Å². The summed E-state index contributed by atoms with van der Waals surface area (Å²) in [6.07, 6.45) is 0. The Kier molecular flexibility index (Phi) is 3.69. The Morgan fingerprint density at radius 3 is 2.33 bits per heavy atom. The molecular formula is C14H18N4. The van der Waals surface area contributed by atoms with E-state index in [-0.39, 0.29) is 6.04 Å². The molecule has 1 atom stereocenters. The fraction of sp³-hybridized carbons (Fsp3) is 0.286. The minimum atomic E-state index is -0.0557. The summed E-state index contributed by atoms with van der Waals surface area (Å²) in [5, 5.41) is 8.19. The van der Waals surface area contributed by atoms with E-state index in [1.54, 1.807) is 0 Å². The van der Waals surface area contributed by atoms with Gasteiger partial charge in [-0.25, -0.2) is 5.43 Å². The highest BCUT2D eigenvalue weighted by Crippen LogP contribution is 2.23. The molecule has 1 unspecified atom stereocenters. The summed E-state index contributed by atoms with van der Waals surface area (Å²) < 4.78 is 0. The number of nitrogens with zero attached hydrogens (tertiary/aromatic N) is 2. The quantitative estimate of drug-likeness (QED) is 0.638. The van der Waals surface area contributed by atoms with Crippen LogP contribution in [0.15, 0.2) is 30.3 Å². The molecule has 0 aliphatic carbocycles. The van der Waals surface area contributed by atoms with Crippen molar-refractivity contribution in [3.05, 3.63) is 58.4 Å². The van der Waals surface area contributed by atoms with Crippen molar-refractivity contribution in [3.63, 3.8) is 0 Å². The Bertz CT molecular complexity index is 534. The number of aromatic nitrogens is 2. The number of aryl methyl sites for hydroxylation is 3. The lowest BCUT2D eigenvalue weighted by atomic mass is 9.97. The van der Waals surface area contributed by atoms with Crippen molar-refractivity contribution in [2.24, 2.45) is 5.84 Å². The second-order valence-corrected chi connectivity index (χ2v) is 4.54. The van der Waals surface area contributed by atoms with E-state index in [1.807, 2.05) is 19.9 Å². The molecular weight excluding hydrogens is 224 g/mol. The molecule has 0 spiro atoms. The third kappa shape index (κ3) is 2.55. The molecule has 1 aromatic heterocycles. The smallest absolute Gasteiger partial charge is 0.0729 e. The molecule has 0 aliphatic rings. The second kappa shape index (κ2) is 5.25. The van der Waals surface area contributed by atoms with E-state index in [2.05, 4.69) is 46.8 Å². The SMILES string of the molecule is Cc1ccc(C(NN)c2cc(C)nnc2C)cc1. The average molecular weight is 242 g/mol. The molecule has 4 nitrogen and oxygen atoms in total. The van der Waals surface area contributed by atoms with E-state index >= 15 is 0 Å². The van der Waals surface area contributed by atoms with E-state index in [4.69, 9.17) is 5.84 Å². The summed E-state index contributed by atoms with van der Waals surface area (Å²) >= 11 is 0. The molecule has 2 aromatic rings. The van der Waals surface area contributed by atoms with Gasteiger partial charge in [-0.3, -0.25) is 5.84 Å². The van der Waals surface area contributed by atoms with Crippen molar-refractivity contribution >= 4 is 0 Å². The first-order chi connectivity index (χ1) is 8.61. The van der Waals surface area contributed by atoms with Crippen LogP contribution in [0.4, 0.5) is 0 Å². The van der Waals surface area contributed by atoms with Gasteiger partial charge in [0.1, 0.15) is 0 Å². The highest BCUT2D eigenvalue weighted by molar-refractivity contribution is 5.35. The van der Waals surface area contributed by atoms with E-state index in [0.29, 0.717) is 0 Å². The Morgan fingerprint density at radius 1 is 1.06 bits per heavy atom. The topological polar surface area (TPSA) is 63.8 Å². The van der Waals surface area contributed by atoms with Gasteiger partial charge in [0.2, 0.25) is 0 Å². The zero-order valence-corrected chi connectivity index (χ0v) is 10.9. The molecule has 4 heteroatoms. The lowest BCUT2D eigenvalue weighted by Crippen LogP contribution is -2.29. The molecule has 0 saturated heterocycles. The molecule has 2 rings (SSSR count). The van der Waals surface area contributed by atoms with Crippen molar-refractivity contribution < 1.29 is 0 Å². The lowest BCUT2D eigenvalue weighted by Gasteiger charge is -2.18. The van der Waals surface area contributed by atoms with E-state index in [1.165, 1.54) is 5.56 Å². The third-order valence-corrected chi connectivity index (χ3v) is 3.03. The second-order valence-electron chi connectivity index (χ2n) is 4.54. The van der Waals surface area contributed by atoms with E-state index in [0.717, 1.165) is 22.5 Å². The van der Waals surface area contributed by atoms with Gasteiger partial charge >= 0.3 is 0 Å². The Morgan fingerprint density at radius 2 is 1.72 bits per heavy atom. The largest absolute Gasteiger partial charge is 0.271 e. The molecule has 0 aliphatic heterocycles. The predicted molar refractivity (Wildman–Crippen MR) is 71.9 cm³/mol. The monoisotopic (exact) mass is 242 g/mol. The molecule has 0 saturated carbocycles. The molecule has 0 amide bonds. The van der Waals surface area contributed by atoms with Crippen LogP contribution in [0.3, 0.4) is 0 Å². The molecule has 94 valence electrons. The average Bonchev–Trinajstić information content (AvgIpc) is 2.37. The summed E-state index contributed by atoms with van der Waals surface area (Å²) in [6, 6.07) is 10.3. The normalized spacial score (nSPS) is 12.4. The van der Waals surface area contributed by atoms with Crippen LogP contribution >= 0.6 is 0 Å². The van der Waals surface area contributed by atoms with Crippen LogP contribution in [0.2, 0.25) is 0 Å². The van der Waals surface area contributed by atoms with Crippen LogP contribution < -0.4 is 11.3 Å². The van der Waals surface area contributed by atoms with Crippen molar-refractivity contribution in [1.82, 2.24) is 15.6 Å². The van der Waals surface area contributed by atoms with Gasteiger partial charge in [0.15, 0.2) is 0 Å². The van der Waals surface area contributed by atoms with Gasteiger partial charge < -0.3 is 0 Å². The van der Waals surface area contributed by atoms with Crippen LogP contribution in [0.1, 0.15) is 34.1 Å². The summed E-state index contributed by atoms with van der Waals surface area (Å²) in [5.41, 5.74) is 8.06. The van der Waals surface area contributed by atoms with E-state index in [9.17, 15) is 0 Å². The lowest BCUT2D eigenvalue weighted by molar-refractivity contribution is 0.625. The van der Waals surface area contributed by atoms with E-state index < -0.39 is 0 Å². The standard InChI is InChI=1S/C14H18N4/c1-9-4-6-12(7-5-9)14(16-15)13-8-10(2)17-18-11(13)3/h4-8,14,16H,15H2,1-3H3. The number of nitrogens with one attached hydrogen (secondary N) is 1. The zero-order valence-electron chi connectivity index (χ0n) is 10.9. The molecule has 0 fully saturated rings. The van der Waals surface area contributed by atoms with Gasteiger partial charge in [-0.1, -0.05) is 29.8 Å². The van der Waals surface area contributed by atoms with Crippen LogP contribution in [0.5, 0.6) is 0 Å². The molecule has 0 bridgehead atoms. The van der Waals surface area contributed by atoms with Gasteiger partial charge in [-0.05, 0) is 38.0 Å². The van der Waals surface area contributed by atoms with Crippen LogP contribution in [-0.2, 0) is 0 Å². The number of hydrogen-bond acceptors (Lipinski definition) is 4. The van der Waals surface area contributed by atoms with Crippen molar-refractivity contribution in [3.8, 4) is 0 Å². The molecule has 3 N–H and O–H groups in total. The van der Waals surface area contributed by atoms with Crippen molar-refractivity contribution in [2.45, 2.75) is 26.8 Å². The first kappa shape index (κ1) is 12.7. The number of benzene rings is 1. The van der Waals surface area contributed by atoms with Crippen molar-refractivity contribution in [1.29, 1.82) is 0 Å². The Labute approximate surface area is 107 Å². The van der Waals surface area contributed by atoms with Gasteiger partial charge in [-0.2, -0.15) is 10.2 Å². The van der Waals surface area contributed by atoms with Crippen LogP contribution in [0, 0.1) is 20.8 Å². The zero-order chi connectivity index (χ0) is 13.1. The highest BCUT2D eigenvalue weighted by atomic mass is 15.2. The fourth-order valence-electron chi connectivity index (χ4n) is 1.99. The molecule has 1 aromatic carbocycles. The van der Waals surface area contributed by atoms with Crippen LogP contribution in [0.25, 0.3) is 0 Å². The third-order valence-electron chi connectivity index (χ3n) is 3.03. The Balaban J connectivity index is 2.44. The maximum Gasteiger partial charge on any atom is 0.0729 e.